The maximum Gasteiger partial charge on any atom is 0.151 e. The van der Waals surface area contributed by atoms with Crippen LogP contribution in [0.15, 0.2) is 6.33 Å². The first-order chi connectivity index (χ1) is 9.12. The number of nitrogens with one attached hydrogen (secondary N) is 1. The van der Waals surface area contributed by atoms with Crippen molar-refractivity contribution in [2.75, 3.05) is 31.1 Å². The van der Waals surface area contributed by atoms with Crippen molar-refractivity contribution in [1.82, 2.24) is 25.0 Å². The summed E-state index contributed by atoms with van der Waals surface area (Å²) in [5, 5.41) is 11.3. The van der Waals surface area contributed by atoms with Crippen molar-refractivity contribution in [2.24, 2.45) is 0 Å². The zero-order chi connectivity index (χ0) is 13.3. The third kappa shape index (κ3) is 3.13. The topological polar surface area (TPSA) is 80.1 Å². The van der Waals surface area contributed by atoms with Crippen molar-refractivity contribution < 1.29 is 8.42 Å². The fourth-order valence-electron chi connectivity index (χ4n) is 2.69. The Morgan fingerprint density at radius 3 is 3.11 bits per heavy atom. The van der Waals surface area contributed by atoms with Crippen LogP contribution in [0.3, 0.4) is 0 Å². The van der Waals surface area contributed by atoms with Crippen LogP contribution < -0.4 is 5.32 Å². The van der Waals surface area contributed by atoms with E-state index in [2.05, 4.69) is 25.0 Å². The van der Waals surface area contributed by atoms with Gasteiger partial charge in [-0.1, -0.05) is 0 Å². The van der Waals surface area contributed by atoms with E-state index < -0.39 is 9.84 Å². The van der Waals surface area contributed by atoms with E-state index in [1.165, 1.54) is 0 Å². The molecule has 0 aliphatic carbocycles. The van der Waals surface area contributed by atoms with Gasteiger partial charge < -0.3 is 9.88 Å². The van der Waals surface area contributed by atoms with E-state index in [9.17, 15) is 8.42 Å². The monoisotopic (exact) mass is 285 g/mol. The van der Waals surface area contributed by atoms with Gasteiger partial charge in [-0.25, -0.2) is 8.42 Å². The number of nitrogens with zero attached hydrogens (tertiary/aromatic N) is 4. The van der Waals surface area contributed by atoms with Crippen LogP contribution in [-0.2, 0) is 22.9 Å². The molecule has 3 heterocycles. The molecule has 1 fully saturated rings. The van der Waals surface area contributed by atoms with Crippen LogP contribution in [0.25, 0.3) is 0 Å². The maximum atomic E-state index is 11.3. The normalized spacial score (nSPS) is 26.4. The van der Waals surface area contributed by atoms with Gasteiger partial charge in [0.2, 0.25) is 0 Å². The maximum absolute atomic E-state index is 11.3. The molecule has 1 aromatic heterocycles. The molecule has 1 aromatic rings. The molecule has 0 amide bonds. The van der Waals surface area contributed by atoms with Gasteiger partial charge in [-0.3, -0.25) is 4.90 Å². The summed E-state index contributed by atoms with van der Waals surface area (Å²) in [4.78, 5) is 2.32. The van der Waals surface area contributed by atoms with Crippen LogP contribution in [0.5, 0.6) is 0 Å². The van der Waals surface area contributed by atoms with Gasteiger partial charge in [0.25, 0.3) is 0 Å². The Labute approximate surface area is 112 Å². The highest BCUT2D eigenvalue weighted by atomic mass is 32.2. The minimum Gasteiger partial charge on any atom is -0.315 e. The SMILES string of the molecule is O=S1(=O)CCC(NCCN2CCn3cnnc3C2)C1. The Kier molecular flexibility index (Phi) is 3.55. The number of sulfone groups is 1. The first-order valence-corrected chi connectivity index (χ1v) is 8.47. The van der Waals surface area contributed by atoms with E-state index in [1.54, 1.807) is 6.33 Å². The Balaban J connectivity index is 1.42. The van der Waals surface area contributed by atoms with E-state index in [1.807, 2.05) is 0 Å². The van der Waals surface area contributed by atoms with E-state index >= 15 is 0 Å². The minimum absolute atomic E-state index is 0.137. The molecule has 7 nitrogen and oxygen atoms in total. The van der Waals surface area contributed by atoms with E-state index in [0.717, 1.165) is 45.0 Å². The average Bonchev–Trinajstić information content (AvgIpc) is 2.95. The van der Waals surface area contributed by atoms with E-state index in [-0.39, 0.29) is 6.04 Å². The summed E-state index contributed by atoms with van der Waals surface area (Å²) in [6.45, 7) is 4.50. The largest absolute Gasteiger partial charge is 0.315 e. The van der Waals surface area contributed by atoms with Crippen molar-refractivity contribution in [3.63, 3.8) is 0 Å². The lowest BCUT2D eigenvalue weighted by atomic mass is 10.2. The Bertz CT molecular complexity index is 541. The molecule has 0 bridgehead atoms. The molecule has 0 spiro atoms. The quantitative estimate of drug-likeness (QED) is 0.754. The molecule has 2 aliphatic heterocycles. The van der Waals surface area contributed by atoms with Gasteiger partial charge in [-0.2, -0.15) is 0 Å². The highest BCUT2D eigenvalue weighted by molar-refractivity contribution is 7.91. The summed E-state index contributed by atoms with van der Waals surface area (Å²) in [7, 11) is -2.78. The first kappa shape index (κ1) is 13.0. The van der Waals surface area contributed by atoms with Gasteiger partial charge in [-0.15, -0.1) is 10.2 Å². The van der Waals surface area contributed by atoms with Crippen LogP contribution in [0.2, 0.25) is 0 Å². The molecule has 3 rings (SSSR count). The smallest absolute Gasteiger partial charge is 0.151 e. The van der Waals surface area contributed by atoms with Gasteiger partial charge in [0.15, 0.2) is 9.84 Å². The van der Waals surface area contributed by atoms with Crippen LogP contribution in [0.1, 0.15) is 12.2 Å². The lowest BCUT2D eigenvalue weighted by Gasteiger charge is -2.27. The van der Waals surface area contributed by atoms with Gasteiger partial charge in [-0.05, 0) is 6.42 Å². The molecule has 8 heteroatoms. The second-order valence-corrected chi connectivity index (χ2v) is 7.50. The van der Waals surface area contributed by atoms with Crippen LogP contribution in [0, 0.1) is 0 Å². The second kappa shape index (κ2) is 5.18. The average molecular weight is 285 g/mol. The fourth-order valence-corrected chi connectivity index (χ4v) is 4.40. The van der Waals surface area contributed by atoms with Crippen LogP contribution in [0.4, 0.5) is 0 Å². The van der Waals surface area contributed by atoms with E-state index in [0.29, 0.717) is 11.5 Å². The van der Waals surface area contributed by atoms with Gasteiger partial charge in [0.1, 0.15) is 12.2 Å². The zero-order valence-corrected chi connectivity index (χ0v) is 11.6. The Morgan fingerprint density at radius 1 is 1.42 bits per heavy atom. The number of hydrogen-bond donors (Lipinski definition) is 1. The molecule has 1 N–H and O–H groups in total. The Hall–Kier alpha value is -0.990. The van der Waals surface area contributed by atoms with Gasteiger partial charge in [0, 0.05) is 32.2 Å². The summed E-state index contributed by atoms with van der Waals surface area (Å²) in [5.41, 5.74) is 0. The van der Waals surface area contributed by atoms with Crippen molar-refractivity contribution in [3.8, 4) is 0 Å². The molecule has 2 aliphatic rings. The molecule has 0 aromatic carbocycles. The summed E-state index contributed by atoms with van der Waals surface area (Å²) >= 11 is 0. The molecular weight excluding hydrogens is 266 g/mol. The summed E-state index contributed by atoms with van der Waals surface area (Å²) in [6, 6.07) is 0.137. The van der Waals surface area contributed by atoms with Gasteiger partial charge in [0.05, 0.1) is 18.1 Å². The molecule has 0 saturated carbocycles. The lowest BCUT2D eigenvalue weighted by molar-refractivity contribution is 0.215. The molecule has 0 radical (unpaired) electrons. The standard InChI is InChI=1S/C11H19N5O2S/c17-19(18)6-1-10(8-19)12-2-3-15-4-5-16-9-13-14-11(16)7-15/h9-10,12H,1-8H2. The summed E-state index contributed by atoms with van der Waals surface area (Å²) < 4.78 is 24.8. The highest BCUT2D eigenvalue weighted by Crippen LogP contribution is 2.11. The van der Waals surface area contributed by atoms with Gasteiger partial charge >= 0.3 is 0 Å². The van der Waals surface area contributed by atoms with Crippen molar-refractivity contribution in [1.29, 1.82) is 0 Å². The lowest BCUT2D eigenvalue weighted by Crippen LogP contribution is -2.41. The summed E-state index contributed by atoms with van der Waals surface area (Å²) in [5.74, 6) is 1.63. The predicted octanol–water partition coefficient (Wildman–Crippen LogP) is -1.13. The molecule has 1 atom stereocenters. The predicted molar refractivity (Wildman–Crippen MR) is 70.4 cm³/mol. The molecule has 19 heavy (non-hydrogen) atoms. The van der Waals surface area contributed by atoms with E-state index in [4.69, 9.17) is 0 Å². The second-order valence-electron chi connectivity index (χ2n) is 5.27. The summed E-state index contributed by atoms with van der Waals surface area (Å²) in [6.07, 6.45) is 2.52. The number of fused-ring (bicyclic) bond motifs is 1. The minimum atomic E-state index is -2.78. The zero-order valence-electron chi connectivity index (χ0n) is 10.8. The van der Waals surface area contributed by atoms with Crippen molar-refractivity contribution in [2.45, 2.75) is 25.6 Å². The first-order valence-electron chi connectivity index (χ1n) is 6.65. The molecule has 1 unspecified atom stereocenters. The number of hydrogen-bond acceptors (Lipinski definition) is 6. The van der Waals surface area contributed by atoms with Crippen molar-refractivity contribution in [3.05, 3.63) is 12.2 Å². The Morgan fingerprint density at radius 2 is 2.32 bits per heavy atom. The van der Waals surface area contributed by atoms with Crippen molar-refractivity contribution >= 4 is 9.84 Å². The third-order valence-electron chi connectivity index (χ3n) is 3.81. The van der Waals surface area contributed by atoms with Crippen LogP contribution >= 0.6 is 0 Å². The number of rotatable bonds is 4. The molecule has 1 saturated heterocycles. The highest BCUT2D eigenvalue weighted by Gasteiger charge is 2.27. The fraction of sp³-hybridized carbons (Fsp3) is 0.818. The van der Waals surface area contributed by atoms with Crippen LogP contribution in [-0.4, -0.2) is 65.3 Å². The number of aromatic nitrogens is 3. The third-order valence-corrected chi connectivity index (χ3v) is 5.58. The molecule has 106 valence electrons. The molecular formula is C11H19N5O2S.